The van der Waals surface area contributed by atoms with E-state index in [1.54, 1.807) is 6.20 Å². The topological polar surface area (TPSA) is 47.0 Å². The molecule has 1 aliphatic carbocycles. The van der Waals surface area contributed by atoms with Crippen LogP contribution in [-0.2, 0) is 11.3 Å². The van der Waals surface area contributed by atoms with Crippen molar-refractivity contribution in [1.29, 1.82) is 0 Å². The third-order valence-corrected chi connectivity index (χ3v) is 6.13. The van der Waals surface area contributed by atoms with Crippen LogP contribution in [0.1, 0.15) is 62.6 Å². The molecule has 0 amide bonds. The van der Waals surface area contributed by atoms with Gasteiger partial charge >= 0.3 is 0 Å². The summed E-state index contributed by atoms with van der Waals surface area (Å²) in [5.41, 5.74) is 2.33. The lowest BCUT2D eigenvalue weighted by molar-refractivity contribution is -0.0809. The van der Waals surface area contributed by atoms with E-state index in [1.165, 1.54) is 43.9 Å². The van der Waals surface area contributed by atoms with Crippen LogP contribution in [0.15, 0.2) is 41.3 Å². The third-order valence-electron chi connectivity index (χ3n) is 5.55. The van der Waals surface area contributed by atoms with Crippen LogP contribution in [-0.4, -0.2) is 28.7 Å². The Morgan fingerprint density at radius 3 is 2.79 bits per heavy atom. The highest BCUT2D eigenvalue weighted by atomic mass is 79.9. The van der Waals surface area contributed by atoms with Crippen molar-refractivity contribution >= 4 is 15.9 Å². The van der Waals surface area contributed by atoms with Gasteiger partial charge in [-0.2, -0.15) is 0 Å². The van der Waals surface area contributed by atoms with Crippen molar-refractivity contribution in [3.05, 3.63) is 58.3 Å². The van der Waals surface area contributed by atoms with Crippen molar-refractivity contribution in [1.82, 2.24) is 15.3 Å². The summed E-state index contributed by atoms with van der Waals surface area (Å²) in [6.45, 7) is 4.45. The fraction of sp³-hybridized carbons (Fsp3) is 0.545. The molecule has 1 atom stereocenters. The van der Waals surface area contributed by atoms with Crippen molar-refractivity contribution in [3.63, 3.8) is 0 Å². The molecular formula is C22H29BrFN3O. The molecule has 1 saturated carbocycles. The van der Waals surface area contributed by atoms with Crippen LogP contribution in [0.3, 0.4) is 0 Å². The summed E-state index contributed by atoms with van der Waals surface area (Å²) in [6.07, 6.45) is 11.1. The van der Waals surface area contributed by atoms with E-state index < -0.39 is 0 Å². The van der Waals surface area contributed by atoms with Crippen molar-refractivity contribution in [2.75, 3.05) is 13.2 Å². The summed E-state index contributed by atoms with van der Waals surface area (Å²) in [5.74, 6) is 0.304. The largest absolute Gasteiger partial charge is 0.375 e. The summed E-state index contributed by atoms with van der Waals surface area (Å²) in [7, 11) is 0. The van der Waals surface area contributed by atoms with Gasteiger partial charge in [-0.1, -0.05) is 25.8 Å². The zero-order valence-corrected chi connectivity index (χ0v) is 18.1. The summed E-state index contributed by atoms with van der Waals surface area (Å²) < 4.78 is 19.2. The first-order valence-corrected chi connectivity index (χ1v) is 11.0. The van der Waals surface area contributed by atoms with Gasteiger partial charge < -0.3 is 10.1 Å². The minimum Gasteiger partial charge on any atom is -0.375 e. The quantitative estimate of drug-likeness (QED) is 0.636. The first-order chi connectivity index (χ1) is 13.6. The van der Waals surface area contributed by atoms with Gasteiger partial charge in [0.15, 0.2) is 5.82 Å². The molecule has 28 heavy (non-hydrogen) atoms. The van der Waals surface area contributed by atoms with Crippen molar-refractivity contribution in [3.8, 4) is 0 Å². The molecule has 2 aliphatic rings. The van der Waals surface area contributed by atoms with E-state index in [4.69, 9.17) is 4.74 Å². The fourth-order valence-electron chi connectivity index (χ4n) is 4.09. The maximum Gasteiger partial charge on any atom is 0.156 e. The predicted octanol–water partition coefficient (Wildman–Crippen LogP) is 5.38. The van der Waals surface area contributed by atoms with Crippen molar-refractivity contribution < 1.29 is 9.13 Å². The molecule has 2 aromatic heterocycles. The Morgan fingerprint density at radius 2 is 2.11 bits per heavy atom. The zero-order valence-electron chi connectivity index (χ0n) is 16.5. The van der Waals surface area contributed by atoms with Crippen molar-refractivity contribution in [2.24, 2.45) is 0 Å². The molecule has 1 aliphatic heterocycles. The van der Waals surface area contributed by atoms with Gasteiger partial charge in [0.1, 0.15) is 4.60 Å². The van der Waals surface area contributed by atoms with E-state index in [2.05, 4.69) is 43.3 Å². The van der Waals surface area contributed by atoms with Crippen LogP contribution in [0.25, 0.3) is 0 Å². The van der Waals surface area contributed by atoms with E-state index >= 15 is 0 Å². The summed E-state index contributed by atoms with van der Waals surface area (Å²) >= 11 is 2.99. The van der Waals surface area contributed by atoms with Crippen LogP contribution < -0.4 is 5.32 Å². The third kappa shape index (κ3) is 5.82. The van der Waals surface area contributed by atoms with Crippen LogP contribution >= 0.6 is 15.9 Å². The molecule has 2 fully saturated rings. The first-order valence-electron chi connectivity index (χ1n) is 10.2. The molecule has 1 saturated heterocycles. The molecule has 0 aromatic carbocycles. The molecular weight excluding hydrogens is 421 g/mol. The average Bonchev–Trinajstić information content (AvgIpc) is 3.17. The second kappa shape index (κ2) is 10.4. The normalized spacial score (nSPS) is 20.6. The molecule has 0 radical (unpaired) electrons. The number of nitrogens with one attached hydrogen (secondary N) is 1. The first kappa shape index (κ1) is 21.3. The number of ether oxygens (including phenoxy) is 1. The van der Waals surface area contributed by atoms with Crippen LogP contribution in [0.5, 0.6) is 0 Å². The van der Waals surface area contributed by atoms with E-state index in [1.807, 2.05) is 19.2 Å². The van der Waals surface area contributed by atoms with E-state index in [9.17, 15) is 4.39 Å². The van der Waals surface area contributed by atoms with Gasteiger partial charge in [0.25, 0.3) is 0 Å². The van der Waals surface area contributed by atoms with Gasteiger partial charge in [-0.25, -0.2) is 9.37 Å². The Labute approximate surface area is 175 Å². The van der Waals surface area contributed by atoms with Crippen LogP contribution in [0, 0.1) is 5.82 Å². The lowest BCUT2D eigenvalue weighted by Crippen LogP contribution is -2.36. The molecule has 0 bridgehead atoms. The van der Waals surface area contributed by atoms with Gasteiger partial charge in [-0.3, -0.25) is 4.98 Å². The average molecular weight is 450 g/mol. The molecule has 2 aromatic rings. The number of nitrogens with zero attached hydrogens (tertiary/aromatic N) is 2. The monoisotopic (exact) mass is 449 g/mol. The second-order valence-electron chi connectivity index (χ2n) is 7.58. The highest BCUT2D eigenvalue weighted by Gasteiger charge is 2.40. The Hall–Kier alpha value is -1.37. The Morgan fingerprint density at radius 1 is 1.29 bits per heavy atom. The standard InChI is InChI=1S/C14H19NO.C8H10BrFN2/c1-4-9-15-13(5-1)12-6-10-16-14(11-12)7-2-3-8-14;1-2-11-4-6-3-7(10)8(9)12-5-6/h1,4-5,9,12H,2-3,6-8,10-11H2;3,5,11H,2,4H2,1H3. The van der Waals surface area contributed by atoms with Gasteiger partial charge in [-0.15, -0.1) is 0 Å². The molecule has 4 nitrogen and oxygen atoms in total. The summed E-state index contributed by atoms with van der Waals surface area (Å²) in [5, 5.41) is 3.09. The second-order valence-corrected chi connectivity index (χ2v) is 8.33. The smallest absolute Gasteiger partial charge is 0.156 e. The fourth-order valence-corrected chi connectivity index (χ4v) is 4.31. The molecule has 6 heteroatoms. The number of hydrogen-bond donors (Lipinski definition) is 1. The van der Waals surface area contributed by atoms with Gasteiger partial charge in [-0.05, 0) is 71.9 Å². The predicted molar refractivity (Wildman–Crippen MR) is 113 cm³/mol. The number of aromatic nitrogens is 2. The van der Waals surface area contributed by atoms with Crippen molar-refractivity contribution in [2.45, 2.75) is 63.5 Å². The number of hydrogen-bond acceptors (Lipinski definition) is 4. The van der Waals surface area contributed by atoms with E-state index in [0.717, 1.165) is 25.1 Å². The lowest BCUT2D eigenvalue weighted by atomic mass is 9.83. The molecule has 1 unspecified atom stereocenters. The number of pyridine rings is 2. The van der Waals surface area contributed by atoms with E-state index in [-0.39, 0.29) is 16.0 Å². The zero-order chi connectivity index (χ0) is 19.8. The van der Waals surface area contributed by atoms with Crippen LogP contribution in [0.2, 0.25) is 0 Å². The number of halogens is 2. The molecule has 1 N–H and O–H groups in total. The molecule has 3 heterocycles. The van der Waals surface area contributed by atoms with E-state index in [0.29, 0.717) is 12.5 Å². The van der Waals surface area contributed by atoms with Gasteiger partial charge in [0, 0.05) is 37.2 Å². The highest BCUT2D eigenvalue weighted by molar-refractivity contribution is 9.10. The van der Waals surface area contributed by atoms with Gasteiger partial charge in [0.05, 0.1) is 5.60 Å². The molecule has 152 valence electrons. The lowest BCUT2D eigenvalue weighted by Gasteiger charge is -2.38. The minimum absolute atomic E-state index is 0.209. The summed E-state index contributed by atoms with van der Waals surface area (Å²) in [4.78, 5) is 8.33. The molecule has 1 spiro atoms. The molecule has 4 rings (SSSR count). The highest BCUT2D eigenvalue weighted by Crippen LogP contribution is 2.44. The van der Waals surface area contributed by atoms with Gasteiger partial charge in [0.2, 0.25) is 0 Å². The Kier molecular flexibility index (Phi) is 7.94. The Balaban J connectivity index is 0.000000169. The SMILES string of the molecule is CCNCc1cnc(Br)c(F)c1.c1ccc(C2CCOC3(CCCC3)C2)nc1. The van der Waals surface area contributed by atoms with Crippen LogP contribution in [0.4, 0.5) is 4.39 Å². The maximum atomic E-state index is 12.9. The maximum absolute atomic E-state index is 12.9. The number of rotatable bonds is 4. The summed E-state index contributed by atoms with van der Waals surface area (Å²) in [6, 6.07) is 7.73. The minimum atomic E-state index is -0.314. The Bertz CT molecular complexity index is 738.